The van der Waals surface area contributed by atoms with Crippen molar-refractivity contribution in [3.63, 3.8) is 0 Å². The molecule has 0 fully saturated rings. The molecule has 0 aliphatic rings. The summed E-state index contributed by atoms with van der Waals surface area (Å²) >= 11 is 0. The Hall–Kier alpha value is -1.93. The molecular formula is C18H22ClF2NO4. The van der Waals surface area contributed by atoms with Gasteiger partial charge in [-0.05, 0) is 48.5 Å². The van der Waals surface area contributed by atoms with Gasteiger partial charge in [-0.3, -0.25) is 0 Å². The van der Waals surface area contributed by atoms with Crippen LogP contribution in [-0.2, 0) is 0 Å². The number of rotatable bonds is 10. The fourth-order valence-corrected chi connectivity index (χ4v) is 1.98. The Kier molecular flexibility index (Phi) is 9.90. The Bertz CT molecular complexity index is 573. The lowest BCUT2D eigenvalue weighted by molar-refractivity contribution is 0.0857. The highest BCUT2D eigenvalue weighted by Crippen LogP contribution is 2.12. The second-order valence-electron chi connectivity index (χ2n) is 5.50. The maximum Gasteiger partial charge on any atom is 0.123 e. The van der Waals surface area contributed by atoms with Crippen molar-refractivity contribution in [2.75, 3.05) is 26.3 Å². The Morgan fingerprint density at radius 3 is 1.42 bits per heavy atom. The predicted molar refractivity (Wildman–Crippen MR) is 95.9 cm³/mol. The van der Waals surface area contributed by atoms with E-state index in [1.165, 1.54) is 48.5 Å². The molecule has 0 saturated heterocycles. The van der Waals surface area contributed by atoms with E-state index in [0.29, 0.717) is 11.5 Å². The van der Waals surface area contributed by atoms with E-state index in [4.69, 9.17) is 9.47 Å². The van der Waals surface area contributed by atoms with Crippen LogP contribution in [0, 0.1) is 11.6 Å². The minimum atomic E-state index is -0.782. The number of halogens is 3. The fourth-order valence-electron chi connectivity index (χ4n) is 1.98. The van der Waals surface area contributed by atoms with Crippen molar-refractivity contribution in [3.8, 4) is 11.5 Å². The number of benzene rings is 2. The zero-order chi connectivity index (χ0) is 18.1. The van der Waals surface area contributed by atoms with Gasteiger partial charge in [0.1, 0.15) is 48.6 Å². The first kappa shape index (κ1) is 22.1. The Labute approximate surface area is 157 Å². The van der Waals surface area contributed by atoms with Gasteiger partial charge in [-0.25, -0.2) is 8.78 Å². The number of aliphatic hydroxyl groups excluding tert-OH is 2. The maximum atomic E-state index is 12.8. The van der Waals surface area contributed by atoms with Gasteiger partial charge in [-0.15, -0.1) is 12.4 Å². The van der Waals surface area contributed by atoms with E-state index < -0.39 is 12.2 Å². The third-order valence-corrected chi connectivity index (χ3v) is 3.27. The van der Waals surface area contributed by atoms with E-state index in [1.54, 1.807) is 0 Å². The van der Waals surface area contributed by atoms with Crippen LogP contribution in [0.4, 0.5) is 8.78 Å². The molecule has 0 aliphatic carbocycles. The molecule has 2 aromatic rings. The minimum absolute atomic E-state index is 0. The molecule has 8 heteroatoms. The summed E-state index contributed by atoms with van der Waals surface area (Å²) < 4.78 is 36.1. The first-order valence-corrected chi connectivity index (χ1v) is 7.86. The van der Waals surface area contributed by atoms with Gasteiger partial charge in [0.2, 0.25) is 0 Å². The molecule has 2 aromatic carbocycles. The lowest BCUT2D eigenvalue weighted by Gasteiger charge is -2.16. The average Bonchev–Trinajstić information content (AvgIpc) is 2.61. The van der Waals surface area contributed by atoms with Gasteiger partial charge in [0.05, 0.1) is 0 Å². The standard InChI is InChI=1S/C18H21F2NO4.ClH/c19-13-1-5-17(6-2-13)24-11-15(22)9-21-10-16(23)12-25-18-7-3-14(20)4-8-18;/h1-8,15-16,21-23H,9-12H2;1H. The first-order chi connectivity index (χ1) is 12.0. The molecule has 144 valence electrons. The quantitative estimate of drug-likeness (QED) is 0.581. The maximum absolute atomic E-state index is 12.8. The van der Waals surface area contributed by atoms with E-state index >= 15 is 0 Å². The normalized spacial score (nSPS) is 12.8. The summed E-state index contributed by atoms with van der Waals surface area (Å²) in [6.45, 7) is 0.519. The first-order valence-electron chi connectivity index (χ1n) is 7.86. The molecule has 3 N–H and O–H groups in total. The van der Waals surface area contributed by atoms with Crippen LogP contribution in [0.5, 0.6) is 11.5 Å². The highest BCUT2D eigenvalue weighted by atomic mass is 35.5. The number of hydrogen-bond acceptors (Lipinski definition) is 5. The topological polar surface area (TPSA) is 71.0 Å². The summed E-state index contributed by atoms with van der Waals surface area (Å²) in [6.07, 6.45) is -1.56. The monoisotopic (exact) mass is 389 g/mol. The molecule has 0 radical (unpaired) electrons. The van der Waals surface area contributed by atoms with Gasteiger partial charge < -0.3 is 25.0 Å². The summed E-state index contributed by atoms with van der Waals surface area (Å²) in [5.41, 5.74) is 0. The Morgan fingerprint density at radius 1 is 0.731 bits per heavy atom. The van der Waals surface area contributed by atoms with E-state index in [2.05, 4.69) is 5.32 Å². The zero-order valence-electron chi connectivity index (χ0n) is 14.0. The molecule has 2 atom stereocenters. The Morgan fingerprint density at radius 2 is 1.08 bits per heavy atom. The van der Waals surface area contributed by atoms with E-state index in [1.807, 2.05) is 0 Å². The molecule has 0 spiro atoms. The van der Waals surface area contributed by atoms with E-state index in [-0.39, 0.29) is 50.3 Å². The van der Waals surface area contributed by atoms with Crippen LogP contribution in [0.1, 0.15) is 0 Å². The SMILES string of the molecule is Cl.OC(CNCC(O)COc1ccc(F)cc1)COc1ccc(F)cc1. The van der Waals surface area contributed by atoms with Crippen LogP contribution < -0.4 is 14.8 Å². The van der Waals surface area contributed by atoms with Crippen LogP contribution in [0.2, 0.25) is 0 Å². The number of aliphatic hydroxyl groups is 2. The smallest absolute Gasteiger partial charge is 0.123 e. The summed E-state index contributed by atoms with van der Waals surface area (Å²) in [6, 6.07) is 11.0. The largest absolute Gasteiger partial charge is 0.491 e. The van der Waals surface area contributed by atoms with Crippen LogP contribution in [0.25, 0.3) is 0 Å². The van der Waals surface area contributed by atoms with Crippen molar-refractivity contribution >= 4 is 12.4 Å². The zero-order valence-corrected chi connectivity index (χ0v) is 14.8. The summed E-state index contributed by atoms with van der Waals surface area (Å²) in [7, 11) is 0. The molecule has 0 aromatic heterocycles. The minimum Gasteiger partial charge on any atom is -0.491 e. The van der Waals surface area contributed by atoms with Gasteiger partial charge in [0, 0.05) is 13.1 Å². The molecule has 0 amide bonds. The molecule has 0 aliphatic heterocycles. The van der Waals surface area contributed by atoms with Crippen molar-refractivity contribution in [1.29, 1.82) is 0 Å². The molecule has 0 saturated carbocycles. The van der Waals surface area contributed by atoms with Crippen molar-refractivity contribution in [2.24, 2.45) is 0 Å². The van der Waals surface area contributed by atoms with Crippen LogP contribution >= 0.6 is 12.4 Å². The number of ether oxygens (including phenoxy) is 2. The van der Waals surface area contributed by atoms with Crippen molar-refractivity contribution in [2.45, 2.75) is 12.2 Å². The third kappa shape index (κ3) is 8.44. The highest BCUT2D eigenvalue weighted by Gasteiger charge is 2.09. The van der Waals surface area contributed by atoms with Gasteiger partial charge >= 0.3 is 0 Å². The van der Waals surface area contributed by atoms with E-state index in [0.717, 1.165) is 0 Å². The van der Waals surface area contributed by atoms with Crippen molar-refractivity contribution in [3.05, 3.63) is 60.2 Å². The summed E-state index contributed by atoms with van der Waals surface area (Å²) in [4.78, 5) is 0. The average molecular weight is 390 g/mol. The number of nitrogens with one attached hydrogen (secondary N) is 1. The van der Waals surface area contributed by atoms with Gasteiger partial charge in [0.15, 0.2) is 0 Å². The molecule has 26 heavy (non-hydrogen) atoms. The summed E-state index contributed by atoms with van der Waals surface area (Å²) in [5.74, 6) is 0.221. The van der Waals surface area contributed by atoms with Gasteiger partial charge in [0.25, 0.3) is 0 Å². The third-order valence-electron chi connectivity index (χ3n) is 3.27. The van der Waals surface area contributed by atoms with Crippen LogP contribution in [0.3, 0.4) is 0 Å². The summed E-state index contributed by atoms with van der Waals surface area (Å²) in [5, 5.41) is 22.5. The lowest BCUT2D eigenvalue weighted by Crippen LogP contribution is -2.37. The van der Waals surface area contributed by atoms with Crippen LogP contribution in [-0.4, -0.2) is 48.7 Å². The molecule has 0 bridgehead atoms. The van der Waals surface area contributed by atoms with Gasteiger partial charge in [-0.2, -0.15) is 0 Å². The molecule has 0 heterocycles. The lowest BCUT2D eigenvalue weighted by atomic mass is 10.3. The number of hydrogen-bond donors (Lipinski definition) is 3. The second kappa shape index (κ2) is 11.6. The van der Waals surface area contributed by atoms with Crippen molar-refractivity contribution in [1.82, 2.24) is 5.32 Å². The highest BCUT2D eigenvalue weighted by molar-refractivity contribution is 5.85. The van der Waals surface area contributed by atoms with E-state index in [9.17, 15) is 19.0 Å². The molecule has 2 unspecified atom stereocenters. The fraction of sp³-hybridized carbons (Fsp3) is 0.333. The Balaban J connectivity index is 0.00000338. The second-order valence-corrected chi connectivity index (χ2v) is 5.50. The van der Waals surface area contributed by atoms with Crippen molar-refractivity contribution < 1.29 is 28.5 Å². The van der Waals surface area contributed by atoms with Crippen LogP contribution in [0.15, 0.2) is 48.5 Å². The predicted octanol–water partition coefficient (Wildman–Crippen LogP) is 2.16. The van der Waals surface area contributed by atoms with Gasteiger partial charge in [-0.1, -0.05) is 0 Å². The molecule has 5 nitrogen and oxygen atoms in total. The molecular weight excluding hydrogens is 368 g/mol. The molecule has 2 rings (SSSR count).